The van der Waals surface area contributed by atoms with Gasteiger partial charge in [0.25, 0.3) is 0 Å². The van der Waals surface area contributed by atoms with E-state index in [2.05, 4.69) is 50.6 Å². The average molecular weight is 467 g/mol. The van der Waals surface area contributed by atoms with Gasteiger partial charge in [0.2, 0.25) is 5.95 Å². The van der Waals surface area contributed by atoms with Crippen LogP contribution in [0.25, 0.3) is 33.5 Å². The number of ether oxygens (including phenoxy) is 1. The van der Waals surface area contributed by atoms with Gasteiger partial charge in [-0.05, 0) is 30.3 Å². The molecule has 9 heteroatoms. The normalized spacial score (nSPS) is 13.9. The maximum atomic E-state index is 5.54. The third kappa shape index (κ3) is 4.22. The van der Waals surface area contributed by atoms with Gasteiger partial charge in [-0.15, -0.1) is 0 Å². The summed E-state index contributed by atoms with van der Waals surface area (Å²) in [6, 6.07) is 16.5. The van der Waals surface area contributed by atoms with Crippen molar-refractivity contribution in [2.45, 2.75) is 0 Å². The van der Waals surface area contributed by atoms with Gasteiger partial charge in [0, 0.05) is 67.8 Å². The SMILES string of the molecule is Cn1ccnc1-c1ccc(Nc2cc(-c3ccc4cnn(C)c4c3)nc(N3CCOCC3)n2)cc1. The molecular weight excluding hydrogens is 440 g/mol. The molecule has 6 rings (SSSR count). The number of nitrogens with zero attached hydrogens (tertiary/aromatic N) is 7. The van der Waals surface area contributed by atoms with Crippen molar-refractivity contribution in [2.75, 3.05) is 36.5 Å². The third-order valence-electron chi connectivity index (χ3n) is 6.29. The molecule has 0 radical (unpaired) electrons. The first-order valence-corrected chi connectivity index (χ1v) is 11.6. The van der Waals surface area contributed by atoms with Crippen molar-refractivity contribution in [2.24, 2.45) is 14.1 Å². The molecule has 1 aliphatic rings. The Hall–Kier alpha value is -4.24. The van der Waals surface area contributed by atoms with Crippen LogP contribution in [0.3, 0.4) is 0 Å². The Morgan fingerprint density at radius 2 is 1.71 bits per heavy atom. The quantitative estimate of drug-likeness (QED) is 0.419. The van der Waals surface area contributed by atoms with Crippen LogP contribution in [0.5, 0.6) is 0 Å². The number of benzene rings is 2. The number of anilines is 3. The van der Waals surface area contributed by atoms with Gasteiger partial charge in [0.05, 0.1) is 30.6 Å². The number of fused-ring (bicyclic) bond motifs is 1. The number of morpholine rings is 1. The Labute approximate surface area is 203 Å². The number of aryl methyl sites for hydroxylation is 2. The van der Waals surface area contributed by atoms with Crippen molar-refractivity contribution >= 4 is 28.4 Å². The highest BCUT2D eigenvalue weighted by Crippen LogP contribution is 2.28. The van der Waals surface area contributed by atoms with Gasteiger partial charge in [-0.1, -0.05) is 12.1 Å². The summed E-state index contributed by atoms with van der Waals surface area (Å²) in [5, 5.41) is 8.94. The average Bonchev–Trinajstić information content (AvgIpc) is 3.50. The van der Waals surface area contributed by atoms with Gasteiger partial charge < -0.3 is 19.5 Å². The molecule has 0 aliphatic carbocycles. The Bertz CT molecular complexity index is 1480. The van der Waals surface area contributed by atoms with Crippen molar-refractivity contribution in [3.05, 3.63) is 67.1 Å². The summed E-state index contributed by atoms with van der Waals surface area (Å²) in [6.07, 6.45) is 5.62. The van der Waals surface area contributed by atoms with Crippen LogP contribution >= 0.6 is 0 Å². The van der Waals surface area contributed by atoms with E-state index in [0.717, 1.165) is 58.1 Å². The van der Waals surface area contributed by atoms with Crippen LogP contribution in [-0.2, 0) is 18.8 Å². The van der Waals surface area contributed by atoms with E-state index < -0.39 is 0 Å². The van der Waals surface area contributed by atoms with Gasteiger partial charge in [-0.25, -0.2) is 9.97 Å². The molecule has 1 N–H and O–H groups in total. The van der Waals surface area contributed by atoms with Crippen LogP contribution in [-0.4, -0.2) is 55.6 Å². The number of nitrogens with one attached hydrogen (secondary N) is 1. The number of rotatable bonds is 5. The Morgan fingerprint density at radius 1 is 0.914 bits per heavy atom. The van der Waals surface area contributed by atoms with Gasteiger partial charge in [-0.3, -0.25) is 4.68 Å². The summed E-state index contributed by atoms with van der Waals surface area (Å²) in [6.45, 7) is 2.88. The summed E-state index contributed by atoms with van der Waals surface area (Å²) < 4.78 is 9.42. The number of hydrogen-bond donors (Lipinski definition) is 1. The summed E-state index contributed by atoms with van der Waals surface area (Å²) in [4.78, 5) is 16.4. The lowest BCUT2D eigenvalue weighted by Crippen LogP contribution is -2.37. The van der Waals surface area contributed by atoms with Crippen molar-refractivity contribution in [1.82, 2.24) is 29.3 Å². The van der Waals surface area contributed by atoms with E-state index in [9.17, 15) is 0 Å². The van der Waals surface area contributed by atoms with Crippen LogP contribution in [0.15, 0.2) is 67.1 Å². The monoisotopic (exact) mass is 466 g/mol. The first kappa shape index (κ1) is 21.3. The number of imidazole rings is 1. The largest absolute Gasteiger partial charge is 0.378 e. The molecule has 0 spiro atoms. The third-order valence-corrected chi connectivity index (χ3v) is 6.29. The summed E-state index contributed by atoms with van der Waals surface area (Å²) in [5.41, 5.74) is 4.95. The lowest BCUT2D eigenvalue weighted by molar-refractivity contribution is 0.122. The van der Waals surface area contributed by atoms with Crippen molar-refractivity contribution in [1.29, 1.82) is 0 Å². The molecule has 3 aromatic heterocycles. The molecule has 35 heavy (non-hydrogen) atoms. The summed E-state index contributed by atoms with van der Waals surface area (Å²) in [5.74, 6) is 2.37. The van der Waals surface area contributed by atoms with Gasteiger partial charge in [-0.2, -0.15) is 10.1 Å². The summed E-state index contributed by atoms with van der Waals surface area (Å²) in [7, 11) is 3.94. The topological polar surface area (TPSA) is 85.9 Å². The molecule has 176 valence electrons. The van der Waals surface area contributed by atoms with Crippen molar-refractivity contribution in [3.8, 4) is 22.6 Å². The minimum Gasteiger partial charge on any atom is -0.378 e. The molecule has 4 heterocycles. The Morgan fingerprint density at radius 3 is 2.49 bits per heavy atom. The van der Waals surface area contributed by atoms with E-state index in [1.54, 1.807) is 6.20 Å². The van der Waals surface area contributed by atoms with Gasteiger partial charge in [0.1, 0.15) is 11.6 Å². The zero-order valence-electron chi connectivity index (χ0n) is 19.7. The highest BCUT2D eigenvalue weighted by molar-refractivity contribution is 5.84. The van der Waals surface area contributed by atoms with Crippen LogP contribution < -0.4 is 10.2 Å². The molecule has 0 atom stereocenters. The highest BCUT2D eigenvalue weighted by Gasteiger charge is 2.17. The van der Waals surface area contributed by atoms with Crippen molar-refractivity contribution in [3.63, 3.8) is 0 Å². The molecule has 1 aliphatic heterocycles. The van der Waals surface area contributed by atoms with E-state index in [-0.39, 0.29) is 0 Å². The molecule has 9 nitrogen and oxygen atoms in total. The van der Waals surface area contributed by atoms with Crippen LogP contribution in [0, 0.1) is 0 Å². The first-order chi connectivity index (χ1) is 17.1. The molecule has 0 saturated carbocycles. The molecule has 1 saturated heterocycles. The fraction of sp³-hybridized carbons (Fsp3) is 0.231. The predicted molar refractivity (Wildman–Crippen MR) is 137 cm³/mol. The van der Waals surface area contributed by atoms with Gasteiger partial charge >= 0.3 is 0 Å². The van der Waals surface area contributed by atoms with Crippen LogP contribution in [0.2, 0.25) is 0 Å². The fourth-order valence-corrected chi connectivity index (χ4v) is 4.35. The molecule has 0 bridgehead atoms. The molecule has 0 amide bonds. The molecule has 2 aromatic carbocycles. The lowest BCUT2D eigenvalue weighted by atomic mass is 10.1. The van der Waals surface area contributed by atoms with E-state index in [4.69, 9.17) is 14.7 Å². The maximum Gasteiger partial charge on any atom is 0.228 e. The molecule has 5 aromatic rings. The Balaban J connectivity index is 1.36. The number of aromatic nitrogens is 6. The minimum atomic E-state index is 0.673. The summed E-state index contributed by atoms with van der Waals surface area (Å²) >= 11 is 0. The predicted octanol–water partition coefficient (Wildman–Crippen LogP) is 4.01. The molecular formula is C26H26N8O. The van der Waals surface area contributed by atoms with E-state index in [1.165, 1.54) is 0 Å². The maximum absolute atomic E-state index is 5.54. The number of hydrogen-bond acceptors (Lipinski definition) is 7. The standard InChI is InChI=1S/C26H26N8O/c1-32-10-9-27-25(32)18-5-7-21(8-6-18)29-24-16-22(30-26(31-24)34-11-13-35-14-12-34)19-3-4-20-17-28-33(2)23(20)15-19/h3-10,15-17H,11-14H2,1-2H3,(H,29,30,31). The van der Waals surface area contributed by atoms with E-state index in [0.29, 0.717) is 19.2 Å². The van der Waals surface area contributed by atoms with Crippen LogP contribution in [0.4, 0.5) is 17.5 Å². The zero-order chi connectivity index (χ0) is 23.8. The van der Waals surface area contributed by atoms with E-state index >= 15 is 0 Å². The molecule has 1 fully saturated rings. The zero-order valence-corrected chi connectivity index (χ0v) is 19.7. The Kier molecular flexibility index (Phi) is 5.38. The van der Waals surface area contributed by atoms with Crippen molar-refractivity contribution < 1.29 is 4.74 Å². The smallest absolute Gasteiger partial charge is 0.228 e. The highest BCUT2D eigenvalue weighted by atomic mass is 16.5. The van der Waals surface area contributed by atoms with E-state index in [1.807, 2.05) is 53.9 Å². The molecule has 0 unspecified atom stereocenters. The minimum absolute atomic E-state index is 0.673. The van der Waals surface area contributed by atoms with Crippen LogP contribution in [0.1, 0.15) is 0 Å². The second kappa shape index (κ2) is 8.84. The second-order valence-electron chi connectivity index (χ2n) is 8.64. The van der Waals surface area contributed by atoms with Gasteiger partial charge in [0.15, 0.2) is 0 Å². The lowest BCUT2D eigenvalue weighted by Gasteiger charge is -2.27. The second-order valence-corrected chi connectivity index (χ2v) is 8.64. The fourth-order valence-electron chi connectivity index (χ4n) is 4.35. The first-order valence-electron chi connectivity index (χ1n) is 11.6.